The van der Waals surface area contributed by atoms with Crippen LogP contribution in [-0.4, -0.2) is 57.2 Å². The molecule has 2 aliphatic heterocycles. The van der Waals surface area contributed by atoms with Gasteiger partial charge in [0.1, 0.15) is 5.75 Å². The van der Waals surface area contributed by atoms with E-state index >= 15 is 0 Å². The third-order valence-electron chi connectivity index (χ3n) is 4.06. The lowest BCUT2D eigenvalue weighted by Crippen LogP contribution is -2.48. The monoisotopic (exact) mass is 275 g/mol. The second kappa shape index (κ2) is 5.81. The fourth-order valence-corrected chi connectivity index (χ4v) is 2.89. The molecule has 1 aromatic carbocycles. The molecule has 0 radical (unpaired) electrons. The predicted octanol–water partition coefficient (Wildman–Crippen LogP) is 0.489. The number of fused-ring (bicyclic) bond motifs is 1. The van der Waals surface area contributed by atoms with Crippen molar-refractivity contribution >= 4 is 11.6 Å². The molecule has 1 amide bonds. The quantitative estimate of drug-likeness (QED) is 0.872. The van der Waals surface area contributed by atoms with Gasteiger partial charge in [-0.3, -0.25) is 9.69 Å². The van der Waals surface area contributed by atoms with E-state index in [-0.39, 0.29) is 5.91 Å². The van der Waals surface area contributed by atoms with Crippen LogP contribution in [0.5, 0.6) is 5.75 Å². The lowest BCUT2D eigenvalue weighted by molar-refractivity contribution is -0.119. The van der Waals surface area contributed by atoms with E-state index in [1.165, 1.54) is 5.56 Å². The van der Waals surface area contributed by atoms with Gasteiger partial charge in [-0.05, 0) is 18.1 Å². The van der Waals surface area contributed by atoms with Crippen molar-refractivity contribution in [2.24, 2.45) is 0 Å². The first-order valence-electron chi connectivity index (χ1n) is 7.18. The Balaban J connectivity index is 1.71. The number of nitrogens with zero attached hydrogens (tertiary/aromatic N) is 2. The number of piperazine rings is 1. The van der Waals surface area contributed by atoms with E-state index in [1.54, 1.807) is 7.11 Å². The maximum absolute atomic E-state index is 12.5. The summed E-state index contributed by atoms with van der Waals surface area (Å²) in [5.74, 6) is 1.00. The van der Waals surface area contributed by atoms with Crippen LogP contribution in [0.1, 0.15) is 5.56 Å². The number of nitrogens with one attached hydrogen (secondary N) is 1. The molecule has 5 nitrogen and oxygen atoms in total. The Kier molecular flexibility index (Phi) is 3.89. The Morgan fingerprint density at radius 3 is 2.85 bits per heavy atom. The van der Waals surface area contributed by atoms with E-state index in [9.17, 15) is 4.79 Å². The van der Waals surface area contributed by atoms with Crippen LogP contribution in [0.3, 0.4) is 0 Å². The van der Waals surface area contributed by atoms with Gasteiger partial charge in [-0.2, -0.15) is 0 Å². The molecule has 0 saturated carbocycles. The molecule has 5 heteroatoms. The number of benzene rings is 1. The van der Waals surface area contributed by atoms with Crippen LogP contribution in [-0.2, 0) is 11.2 Å². The fraction of sp³-hybridized carbons (Fsp3) is 0.533. The molecule has 1 saturated heterocycles. The number of hydrogen-bond donors (Lipinski definition) is 1. The van der Waals surface area contributed by atoms with Crippen molar-refractivity contribution < 1.29 is 9.53 Å². The Labute approximate surface area is 119 Å². The van der Waals surface area contributed by atoms with E-state index in [0.717, 1.165) is 50.6 Å². The number of carbonyl (C=O) groups is 1. The number of carbonyl (C=O) groups excluding carboxylic acids is 1. The van der Waals surface area contributed by atoms with E-state index in [4.69, 9.17) is 4.74 Å². The van der Waals surface area contributed by atoms with Crippen LogP contribution in [0.2, 0.25) is 0 Å². The van der Waals surface area contributed by atoms with Gasteiger partial charge in [0.15, 0.2) is 0 Å². The highest BCUT2D eigenvalue weighted by Gasteiger charge is 2.26. The minimum atomic E-state index is 0.193. The molecule has 108 valence electrons. The molecule has 3 rings (SSSR count). The summed E-state index contributed by atoms with van der Waals surface area (Å²) in [6.45, 7) is 5.14. The van der Waals surface area contributed by atoms with Gasteiger partial charge in [0, 0.05) is 38.8 Å². The molecule has 1 N–H and O–H groups in total. The van der Waals surface area contributed by atoms with E-state index in [2.05, 4.69) is 16.3 Å². The van der Waals surface area contributed by atoms with Crippen LogP contribution in [0.25, 0.3) is 0 Å². The molecular weight excluding hydrogens is 254 g/mol. The number of ether oxygens (including phenoxy) is 1. The molecule has 20 heavy (non-hydrogen) atoms. The van der Waals surface area contributed by atoms with Crippen LogP contribution in [0.15, 0.2) is 18.2 Å². The summed E-state index contributed by atoms with van der Waals surface area (Å²) in [5.41, 5.74) is 2.25. The molecule has 1 aromatic rings. The van der Waals surface area contributed by atoms with Crippen LogP contribution >= 0.6 is 0 Å². The Hall–Kier alpha value is -1.59. The topological polar surface area (TPSA) is 44.8 Å². The first-order chi connectivity index (χ1) is 9.78. The van der Waals surface area contributed by atoms with Gasteiger partial charge in [0.2, 0.25) is 5.91 Å². The van der Waals surface area contributed by atoms with Gasteiger partial charge in [-0.25, -0.2) is 0 Å². The zero-order valence-corrected chi connectivity index (χ0v) is 11.9. The average Bonchev–Trinajstić information content (AvgIpc) is 2.91. The van der Waals surface area contributed by atoms with Crippen molar-refractivity contribution in [3.05, 3.63) is 23.8 Å². The first kappa shape index (κ1) is 13.4. The molecule has 0 aliphatic carbocycles. The minimum Gasteiger partial charge on any atom is -0.497 e. The van der Waals surface area contributed by atoms with Crippen molar-refractivity contribution in [1.82, 2.24) is 10.2 Å². The second-order valence-corrected chi connectivity index (χ2v) is 5.32. The molecule has 1 fully saturated rings. The highest BCUT2D eigenvalue weighted by Crippen LogP contribution is 2.31. The maximum Gasteiger partial charge on any atom is 0.241 e. The Morgan fingerprint density at radius 2 is 2.10 bits per heavy atom. The first-order valence-corrected chi connectivity index (χ1v) is 7.18. The van der Waals surface area contributed by atoms with Crippen molar-refractivity contribution in [3.63, 3.8) is 0 Å². The Bertz CT molecular complexity index is 498. The SMILES string of the molecule is COc1ccc2c(c1)N(C(=O)CN1CCNCC1)CC2. The van der Waals surface area contributed by atoms with Crippen molar-refractivity contribution in [1.29, 1.82) is 0 Å². The highest BCUT2D eigenvalue weighted by atomic mass is 16.5. The largest absolute Gasteiger partial charge is 0.497 e. The van der Waals surface area contributed by atoms with Crippen LogP contribution in [0, 0.1) is 0 Å². The molecule has 2 aliphatic rings. The van der Waals surface area contributed by atoms with Crippen molar-refractivity contribution in [2.45, 2.75) is 6.42 Å². The van der Waals surface area contributed by atoms with Crippen molar-refractivity contribution in [2.75, 3.05) is 51.3 Å². The normalized spacial score (nSPS) is 18.9. The highest BCUT2D eigenvalue weighted by molar-refractivity contribution is 5.97. The number of hydrogen-bond acceptors (Lipinski definition) is 4. The summed E-state index contributed by atoms with van der Waals surface area (Å²) in [5, 5.41) is 3.31. The van der Waals surface area contributed by atoms with Gasteiger partial charge in [-0.15, -0.1) is 0 Å². The van der Waals surface area contributed by atoms with Gasteiger partial charge >= 0.3 is 0 Å². The summed E-state index contributed by atoms with van der Waals surface area (Å²) >= 11 is 0. The van der Waals surface area contributed by atoms with Gasteiger partial charge in [0.25, 0.3) is 0 Å². The van der Waals surface area contributed by atoms with Gasteiger partial charge in [0.05, 0.1) is 19.3 Å². The smallest absolute Gasteiger partial charge is 0.241 e. The number of rotatable bonds is 3. The van der Waals surface area contributed by atoms with Gasteiger partial charge in [-0.1, -0.05) is 6.07 Å². The molecule has 0 spiro atoms. The summed E-state index contributed by atoms with van der Waals surface area (Å²) in [7, 11) is 1.66. The van der Waals surface area contributed by atoms with E-state index in [1.807, 2.05) is 17.0 Å². The molecule has 0 bridgehead atoms. The Morgan fingerprint density at radius 1 is 1.30 bits per heavy atom. The number of amides is 1. The van der Waals surface area contributed by atoms with Crippen LogP contribution in [0.4, 0.5) is 5.69 Å². The van der Waals surface area contributed by atoms with Crippen molar-refractivity contribution in [3.8, 4) is 5.75 Å². The molecule has 2 heterocycles. The third kappa shape index (κ3) is 2.64. The number of methoxy groups -OCH3 is 1. The predicted molar refractivity (Wildman–Crippen MR) is 78.4 cm³/mol. The van der Waals surface area contributed by atoms with Gasteiger partial charge < -0.3 is 15.0 Å². The fourth-order valence-electron chi connectivity index (χ4n) is 2.89. The third-order valence-corrected chi connectivity index (χ3v) is 4.06. The van der Waals surface area contributed by atoms with E-state index in [0.29, 0.717) is 6.54 Å². The molecule has 0 aromatic heterocycles. The average molecular weight is 275 g/mol. The lowest BCUT2D eigenvalue weighted by Gasteiger charge is -2.28. The summed E-state index contributed by atoms with van der Waals surface area (Å²) < 4.78 is 5.26. The van der Waals surface area contributed by atoms with Crippen LogP contribution < -0.4 is 15.0 Å². The summed E-state index contributed by atoms with van der Waals surface area (Å²) in [6, 6.07) is 5.99. The second-order valence-electron chi connectivity index (χ2n) is 5.32. The molecular formula is C15H21N3O2. The lowest BCUT2D eigenvalue weighted by atomic mass is 10.1. The number of anilines is 1. The molecule has 0 atom stereocenters. The molecule has 0 unspecified atom stereocenters. The zero-order valence-electron chi connectivity index (χ0n) is 11.9. The van der Waals surface area contributed by atoms with E-state index < -0.39 is 0 Å². The summed E-state index contributed by atoms with van der Waals surface area (Å²) in [6.07, 6.45) is 0.937. The summed E-state index contributed by atoms with van der Waals surface area (Å²) in [4.78, 5) is 16.6. The minimum absolute atomic E-state index is 0.193. The standard InChI is InChI=1S/C15H21N3O2/c1-20-13-3-2-12-4-7-18(14(12)10-13)15(19)11-17-8-5-16-6-9-17/h2-3,10,16H,4-9,11H2,1H3. The maximum atomic E-state index is 12.5. The zero-order chi connectivity index (χ0) is 13.9.